The highest BCUT2D eigenvalue weighted by Gasteiger charge is 2.37. The van der Waals surface area contributed by atoms with Crippen LogP contribution in [0.1, 0.15) is 33.2 Å². The van der Waals surface area contributed by atoms with E-state index in [9.17, 15) is 18.0 Å². The zero-order valence-electron chi connectivity index (χ0n) is 13.1. The van der Waals surface area contributed by atoms with Crippen LogP contribution in [0.25, 0.3) is 0 Å². The zero-order valence-corrected chi connectivity index (χ0v) is 14.0. The van der Waals surface area contributed by atoms with Gasteiger partial charge in [-0.15, -0.1) is 10.2 Å². The maximum atomic E-state index is 12.7. The van der Waals surface area contributed by atoms with E-state index < -0.39 is 11.2 Å². The highest BCUT2D eigenvalue weighted by molar-refractivity contribution is 7.15. The summed E-state index contributed by atoms with van der Waals surface area (Å²) in [6.45, 7) is 1.68. The molecule has 0 aromatic carbocycles. The summed E-state index contributed by atoms with van der Waals surface area (Å²) in [5.41, 5.74) is 2.53. The number of anilines is 1. The Hall–Kier alpha value is -2.17. The number of H-pyrrole nitrogens is 1. The molecule has 0 radical (unpaired) electrons. The highest BCUT2D eigenvalue weighted by atomic mass is 32.1. The first-order valence-electron chi connectivity index (χ1n) is 7.94. The molecule has 0 bridgehead atoms. The van der Waals surface area contributed by atoms with Crippen molar-refractivity contribution in [2.75, 3.05) is 31.1 Å². The number of aromatic amines is 1. The van der Waals surface area contributed by atoms with E-state index in [0.717, 1.165) is 30.5 Å². The number of alkyl halides is 3. The topological polar surface area (TPSA) is 78.0 Å². The van der Waals surface area contributed by atoms with E-state index in [-0.39, 0.29) is 11.0 Å². The third kappa shape index (κ3) is 2.96. The minimum Gasteiger partial charge on any atom is -0.343 e. The van der Waals surface area contributed by atoms with Gasteiger partial charge in [-0.05, 0) is 19.3 Å². The van der Waals surface area contributed by atoms with Crippen LogP contribution in [-0.2, 0) is 19.0 Å². The number of piperazine rings is 1. The van der Waals surface area contributed by atoms with Crippen molar-refractivity contribution in [2.24, 2.45) is 0 Å². The summed E-state index contributed by atoms with van der Waals surface area (Å²) < 4.78 is 37.9. The van der Waals surface area contributed by atoms with Crippen LogP contribution >= 0.6 is 11.3 Å². The number of carbonyl (C=O) groups excluding carboxylic acids is 1. The molecule has 2 aromatic rings. The van der Waals surface area contributed by atoms with Crippen LogP contribution in [0, 0.1) is 0 Å². The molecule has 2 aromatic heterocycles. The molecular weight excluding hydrogens is 357 g/mol. The first kappa shape index (κ1) is 16.3. The first-order valence-corrected chi connectivity index (χ1v) is 8.76. The van der Waals surface area contributed by atoms with Crippen LogP contribution in [0.3, 0.4) is 0 Å². The van der Waals surface area contributed by atoms with E-state index in [1.54, 1.807) is 9.80 Å². The van der Waals surface area contributed by atoms with Gasteiger partial charge in [-0.25, -0.2) is 0 Å². The predicted molar refractivity (Wildman–Crippen MR) is 83.6 cm³/mol. The molecule has 1 N–H and O–H groups in total. The van der Waals surface area contributed by atoms with Gasteiger partial charge in [0.15, 0.2) is 5.69 Å². The monoisotopic (exact) mass is 372 g/mol. The number of hydrogen-bond acceptors (Lipinski definition) is 6. The number of halogens is 3. The Morgan fingerprint density at radius 1 is 1.12 bits per heavy atom. The van der Waals surface area contributed by atoms with Crippen molar-refractivity contribution in [3.8, 4) is 0 Å². The predicted octanol–water partition coefficient (Wildman–Crippen LogP) is 1.73. The van der Waals surface area contributed by atoms with Gasteiger partial charge in [-0.3, -0.25) is 9.89 Å². The molecule has 1 amide bonds. The Kier molecular flexibility index (Phi) is 3.89. The number of carbonyl (C=O) groups is 1. The number of fused-ring (bicyclic) bond motifs is 1. The molecule has 0 unspecified atom stereocenters. The second-order valence-corrected chi connectivity index (χ2v) is 7.01. The fourth-order valence-corrected chi connectivity index (χ4v) is 3.97. The molecule has 134 valence electrons. The van der Waals surface area contributed by atoms with Crippen LogP contribution in [0.5, 0.6) is 0 Å². The van der Waals surface area contributed by atoms with Gasteiger partial charge in [0.1, 0.15) is 0 Å². The normalized spacial score (nSPS) is 17.9. The number of nitrogens with one attached hydrogen (secondary N) is 1. The van der Waals surface area contributed by atoms with Crippen molar-refractivity contribution >= 4 is 22.4 Å². The maximum absolute atomic E-state index is 12.7. The summed E-state index contributed by atoms with van der Waals surface area (Å²) in [6, 6.07) is 0. The van der Waals surface area contributed by atoms with Crippen molar-refractivity contribution in [3.63, 3.8) is 0 Å². The van der Waals surface area contributed by atoms with E-state index in [0.29, 0.717) is 43.2 Å². The molecule has 1 saturated heterocycles. The highest BCUT2D eigenvalue weighted by Crippen LogP contribution is 2.34. The van der Waals surface area contributed by atoms with Crippen LogP contribution in [-0.4, -0.2) is 57.4 Å². The van der Waals surface area contributed by atoms with E-state index in [2.05, 4.69) is 20.4 Å². The third-order valence-corrected chi connectivity index (χ3v) is 5.53. The molecule has 0 saturated carbocycles. The van der Waals surface area contributed by atoms with Crippen LogP contribution in [0.2, 0.25) is 0 Å². The van der Waals surface area contributed by atoms with Gasteiger partial charge in [-0.2, -0.15) is 18.3 Å². The summed E-state index contributed by atoms with van der Waals surface area (Å²) in [5.74, 6) is -0.118. The largest absolute Gasteiger partial charge is 0.445 e. The molecule has 0 spiro atoms. The lowest BCUT2D eigenvalue weighted by Crippen LogP contribution is -2.49. The Bertz CT molecular complexity index is 793. The quantitative estimate of drug-likeness (QED) is 0.869. The fraction of sp³-hybridized carbons (Fsp3) is 0.571. The molecule has 11 heteroatoms. The Morgan fingerprint density at radius 2 is 1.88 bits per heavy atom. The third-order valence-electron chi connectivity index (χ3n) is 4.50. The summed E-state index contributed by atoms with van der Waals surface area (Å²) in [5, 5.41) is 13.2. The molecule has 1 fully saturated rings. The Morgan fingerprint density at radius 3 is 2.56 bits per heavy atom. The number of aryl methyl sites for hydroxylation is 1. The molecule has 4 rings (SSSR count). The zero-order chi connectivity index (χ0) is 17.6. The standard InChI is InChI=1S/C14H15F3N6OS/c15-14(16,17)12-20-21-13(25-12)23-6-4-22(5-7-23)11(24)10-8-2-1-3-9(8)18-19-10/h1-7H2,(H,18,19). The molecule has 3 heterocycles. The molecule has 25 heavy (non-hydrogen) atoms. The van der Waals surface area contributed by atoms with E-state index >= 15 is 0 Å². The lowest BCUT2D eigenvalue weighted by atomic mass is 10.1. The molecular formula is C14H15F3N6OS. The van der Waals surface area contributed by atoms with Crippen molar-refractivity contribution < 1.29 is 18.0 Å². The number of nitrogens with zero attached hydrogens (tertiary/aromatic N) is 5. The summed E-state index contributed by atoms with van der Waals surface area (Å²) in [4.78, 5) is 16.1. The van der Waals surface area contributed by atoms with Gasteiger partial charge in [0, 0.05) is 37.4 Å². The summed E-state index contributed by atoms with van der Waals surface area (Å²) in [6.07, 6.45) is -1.68. The van der Waals surface area contributed by atoms with Gasteiger partial charge in [-0.1, -0.05) is 11.3 Å². The van der Waals surface area contributed by atoms with Gasteiger partial charge in [0.05, 0.1) is 0 Å². The van der Waals surface area contributed by atoms with E-state index in [1.807, 2.05) is 0 Å². The average Bonchev–Trinajstić information content (AvgIpc) is 3.30. The lowest BCUT2D eigenvalue weighted by Gasteiger charge is -2.34. The molecule has 7 nitrogen and oxygen atoms in total. The second kappa shape index (κ2) is 5.97. The van der Waals surface area contributed by atoms with Gasteiger partial charge in [0.25, 0.3) is 5.91 Å². The number of hydrogen-bond donors (Lipinski definition) is 1. The lowest BCUT2D eigenvalue weighted by molar-refractivity contribution is -0.138. The Balaban J connectivity index is 1.41. The number of aromatic nitrogens is 4. The maximum Gasteiger partial charge on any atom is 0.445 e. The molecule has 2 aliphatic rings. The van der Waals surface area contributed by atoms with Gasteiger partial charge in [0.2, 0.25) is 10.1 Å². The number of rotatable bonds is 2. The molecule has 1 aliphatic heterocycles. The van der Waals surface area contributed by atoms with Crippen molar-refractivity contribution in [1.29, 1.82) is 0 Å². The summed E-state index contributed by atoms with van der Waals surface area (Å²) >= 11 is 0.528. The van der Waals surface area contributed by atoms with Crippen LogP contribution in [0.15, 0.2) is 0 Å². The first-order chi connectivity index (χ1) is 11.9. The van der Waals surface area contributed by atoms with Crippen LogP contribution < -0.4 is 4.90 Å². The minimum absolute atomic E-state index is 0.118. The SMILES string of the molecule is O=C(c1n[nH]c2c1CCC2)N1CCN(c2nnc(C(F)(F)F)s2)CC1. The van der Waals surface area contributed by atoms with Crippen molar-refractivity contribution in [1.82, 2.24) is 25.3 Å². The summed E-state index contributed by atoms with van der Waals surface area (Å²) in [7, 11) is 0. The second-order valence-electron chi connectivity index (χ2n) is 6.05. The fourth-order valence-electron chi connectivity index (χ4n) is 3.20. The Labute approximate surface area is 144 Å². The minimum atomic E-state index is -4.48. The van der Waals surface area contributed by atoms with Crippen molar-refractivity contribution in [2.45, 2.75) is 25.4 Å². The van der Waals surface area contributed by atoms with Crippen LogP contribution in [0.4, 0.5) is 18.3 Å². The van der Waals surface area contributed by atoms with Crippen molar-refractivity contribution in [3.05, 3.63) is 22.0 Å². The smallest absolute Gasteiger partial charge is 0.343 e. The molecule has 0 atom stereocenters. The van der Waals surface area contributed by atoms with E-state index in [1.165, 1.54) is 0 Å². The van der Waals surface area contributed by atoms with E-state index in [4.69, 9.17) is 0 Å². The average molecular weight is 372 g/mol. The van der Waals surface area contributed by atoms with Gasteiger partial charge >= 0.3 is 6.18 Å². The van der Waals surface area contributed by atoms with Gasteiger partial charge < -0.3 is 9.80 Å². The molecule has 1 aliphatic carbocycles. The number of amides is 1.